The fraction of sp³-hybridized carbons (Fsp3) is 0.167. The van der Waals surface area contributed by atoms with Crippen LogP contribution in [0.1, 0.15) is 5.56 Å². The Labute approximate surface area is 132 Å². The zero-order chi connectivity index (χ0) is 16.4. The fourth-order valence-corrected chi connectivity index (χ4v) is 2.53. The highest BCUT2D eigenvalue weighted by molar-refractivity contribution is 5.79. The number of nitrogens with zero attached hydrogens (tertiary/aromatic N) is 1. The maximum Gasteiger partial charge on any atom is 0.251 e. The van der Waals surface area contributed by atoms with E-state index in [1.54, 1.807) is 30.3 Å². The van der Waals surface area contributed by atoms with Crippen molar-refractivity contribution < 1.29 is 9.13 Å². The van der Waals surface area contributed by atoms with Crippen molar-refractivity contribution in [2.75, 3.05) is 12.3 Å². The van der Waals surface area contributed by atoms with Crippen molar-refractivity contribution in [3.63, 3.8) is 0 Å². The molecule has 2 N–H and O–H groups in total. The first-order valence-corrected chi connectivity index (χ1v) is 7.33. The van der Waals surface area contributed by atoms with E-state index >= 15 is 0 Å². The van der Waals surface area contributed by atoms with Crippen LogP contribution in [0, 0.1) is 12.7 Å². The molecule has 3 aromatic rings. The van der Waals surface area contributed by atoms with E-state index < -0.39 is 5.82 Å². The molecule has 0 unspecified atom stereocenters. The van der Waals surface area contributed by atoms with Crippen LogP contribution in [0.15, 0.2) is 53.3 Å². The van der Waals surface area contributed by atoms with Gasteiger partial charge in [-0.25, -0.2) is 4.39 Å². The van der Waals surface area contributed by atoms with Crippen molar-refractivity contribution in [3.8, 4) is 5.75 Å². The van der Waals surface area contributed by atoms with Crippen LogP contribution in [-0.4, -0.2) is 11.2 Å². The molecule has 1 aromatic heterocycles. The number of nitrogen functional groups attached to an aromatic ring is 1. The van der Waals surface area contributed by atoms with Gasteiger partial charge in [-0.1, -0.05) is 12.1 Å². The van der Waals surface area contributed by atoms with Gasteiger partial charge in [-0.05, 0) is 42.8 Å². The summed E-state index contributed by atoms with van der Waals surface area (Å²) in [5.74, 6) is 0.258. The molecule has 118 valence electrons. The molecule has 0 aliphatic heterocycles. The number of fused-ring (bicyclic) bond motifs is 1. The maximum atomic E-state index is 14.1. The van der Waals surface area contributed by atoms with Gasteiger partial charge in [0.25, 0.3) is 5.56 Å². The van der Waals surface area contributed by atoms with Crippen molar-refractivity contribution in [1.82, 2.24) is 4.57 Å². The second-order valence-electron chi connectivity index (χ2n) is 5.37. The van der Waals surface area contributed by atoms with E-state index in [1.807, 2.05) is 13.0 Å². The summed E-state index contributed by atoms with van der Waals surface area (Å²) < 4.78 is 21.1. The maximum absolute atomic E-state index is 14.1. The Morgan fingerprint density at radius 3 is 2.78 bits per heavy atom. The van der Waals surface area contributed by atoms with Gasteiger partial charge in [-0.2, -0.15) is 0 Å². The molecule has 0 fully saturated rings. The van der Waals surface area contributed by atoms with Crippen molar-refractivity contribution in [1.29, 1.82) is 0 Å². The van der Waals surface area contributed by atoms with Gasteiger partial charge in [-0.3, -0.25) is 4.79 Å². The van der Waals surface area contributed by atoms with Crippen LogP contribution in [0.5, 0.6) is 5.75 Å². The van der Waals surface area contributed by atoms with Crippen LogP contribution < -0.4 is 16.0 Å². The molecule has 0 spiro atoms. The number of rotatable bonds is 4. The van der Waals surface area contributed by atoms with Gasteiger partial charge in [-0.15, -0.1) is 0 Å². The van der Waals surface area contributed by atoms with E-state index in [4.69, 9.17) is 10.5 Å². The largest absolute Gasteiger partial charge is 0.492 e. The smallest absolute Gasteiger partial charge is 0.251 e. The lowest BCUT2D eigenvalue weighted by Gasteiger charge is -2.12. The van der Waals surface area contributed by atoms with Crippen molar-refractivity contribution in [2.45, 2.75) is 13.5 Å². The monoisotopic (exact) mass is 312 g/mol. The molecule has 0 amide bonds. The average Bonchev–Trinajstić information content (AvgIpc) is 2.53. The van der Waals surface area contributed by atoms with Gasteiger partial charge >= 0.3 is 0 Å². The molecule has 0 saturated carbocycles. The Kier molecular flexibility index (Phi) is 4.02. The van der Waals surface area contributed by atoms with E-state index in [0.29, 0.717) is 22.3 Å². The first-order valence-electron chi connectivity index (χ1n) is 7.33. The Hall–Kier alpha value is -2.82. The average molecular weight is 312 g/mol. The number of hydrogen-bond donors (Lipinski definition) is 1. The summed E-state index contributed by atoms with van der Waals surface area (Å²) in [7, 11) is 0. The molecule has 0 bridgehead atoms. The van der Waals surface area contributed by atoms with Crippen molar-refractivity contribution >= 4 is 16.6 Å². The number of aromatic nitrogens is 1. The fourth-order valence-electron chi connectivity index (χ4n) is 2.53. The molecule has 2 aromatic carbocycles. The number of para-hydroxylation sites is 1. The number of aryl methyl sites for hydroxylation is 1. The molecule has 0 atom stereocenters. The predicted molar refractivity (Wildman–Crippen MR) is 89.3 cm³/mol. The lowest BCUT2D eigenvalue weighted by Crippen LogP contribution is -2.23. The minimum absolute atomic E-state index is 0.250. The van der Waals surface area contributed by atoms with Gasteiger partial charge in [0, 0.05) is 17.1 Å². The highest BCUT2D eigenvalue weighted by Crippen LogP contribution is 2.19. The summed E-state index contributed by atoms with van der Waals surface area (Å²) >= 11 is 0. The van der Waals surface area contributed by atoms with E-state index in [1.165, 1.54) is 16.7 Å². The third kappa shape index (κ3) is 3.04. The van der Waals surface area contributed by atoms with E-state index in [9.17, 15) is 9.18 Å². The van der Waals surface area contributed by atoms with E-state index in [2.05, 4.69) is 0 Å². The Morgan fingerprint density at radius 2 is 2.00 bits per heavy atom. The third-order valence-electron chi connectivity index (χ3n) is 3.78. The van der Waals surface area contributed by atoms with Gasteiger partial charge < -0.3 is 15.0 Å². The SMILES string of the molecule is Cc1cc(OCCn2c(=O)ccc3cccc(F)c32)ccc1N. The first-order chi connectivity index (χ1) is 11.1. The van der Waals surface area contributed by atoms with Crippen molar-refractivity contribution in [2.24, 2.45) is 0 Å². The molecular weight excluding hydrogens is 295 g/mol. The van der Waals surface area contributed by atoms with Crippen LogP contribution in [0.2, 0.25) is 0 Å². The standard InChI is InChI=1S/C18H17FN2O2/c1-12-11-14(6-7-16(12)20)23-10-9-21-17(22)8-5-13-3-2-4-15(19)18(13)21/h2-8,11H,9-10,20H2,1H3. The first kappa shape index (κ1) is 15.1. The van der Waals surface area contributed by atoms with Gasteiger partial charge in [0.15, 0.2) is 0 Å². The van der Waals surface area contributed by atoms with E-state index in [0.717, 1.165) is 5.56 Å². The van der Waals surface area contributed by atoms with Gasteiger partial charge in [0.2, 0.25) is 0 Å². The normalized spacial score (nSPS) is 10.9. The van der Waals surface area contributed by atoms with Crippen LogP contribution in [0.4, 0.5) is 10.1 Å². The lowest BCUT2D eigenvalue weighted by molar-refractivity contribution is 0.298. The van der Waals surface area contributed by atoms with Crippen LogP contribution >= 0.6 is 0 Å². The number of halogens is 1. The minimum Gasteiger partial charge on any atom is -0.492 e. The molecule has 5 heteroatoms. The van der Waals surface area contributed by atoms with Crippen LogP contribution in [-0.2, 0) is 6.54 Å². The molecular formula is C18H17FN2O2. The summed E-state index contributed by atoms with van der Waals surface area (Å²) in [5, 5.41) is 0.688. The Morgan fingerprint density at radius 1 is 1.17 bits per heavy atom. The molecule has 0 radical (unpaired) electrons. The highest BCUT2D eigenvalue weighted by Gasteiger charge is 2.08. The van der Waals surface area contributed by atoms with Crippen molar-refractivity contribution in [3.05, 3.63) is 70.3 Å². The number of nitrogens with two attached hydrogens (primary N) is 1. The second-order valence-corrected chi connectivity index (χ2v) is 5.37. The molecule has 0 aliphatic carbocycles. The number of pyridine rings is 1. The summed E-state index contributed by atoms with van der Waals surface area (Å²) in [5.41, 5.74) is 7.44. The minimum atomic E-state index is -0.413. The summed E-state index contributed by atoms with van der Waals surface area (Å²) in [6.07, 6.45) is 0. The second kappa shape index (κ2) is 6.12. The topological polar surface area (TPSA) is 57.2 Å². The van der Waals surface area contributed by atoms with Crippen LogP contribution in [0.25, 0.3) is 10.9 Å². The summed E-state index contributed by atoms with van der Waals surface area (Å²) in [6.45, 7) is 2.42. The number of ether oxygens (including phenoxy) is 1. The van der Waals surface area contributed by atoms with Crippen LogP contribution in [0.3, 0.4) is 0 Å². The van der Waals surface area contributed by atoms with E-state index in [-0.39, 0.29) is 18.7 Å². The zero-order valence-electron chi connectivity index (χ0n) is 12.8. The zero-order valence-corrected chi connectivity index (χ0v) is 12.8. The Balaban J connectivity index is 1.83. The predicted octanol–water partition coefficient (Wildman–Crippen LogP) is 3.11. The molecule has 1 heterocycles. The molecule has 0 aliphatic rings. The molecule has 23 heavy (non-hydrogen) atoms. The third-order valence-corrected chi connectivity index (χ3v) is 3.78. The molecule has 4 nitrogen and oxygen atoms in total. The Bertz CT molecular complexity index is 919. The molecule has 3 rings (SSSR count). The quantitative estimate of drug-likeness (QED) is 0.753. The number of anilines is 1. The summed E-state index contributed by atoms with van der Waals surface area (Å²) in [6, 6.07) is 13.2. The number of benzene rings is 2. The molecule has 0 saturated heterocycles. The lowest BCUT2D eigenvalue weighted by atomic mass is 10.2. The summed E-state index contributed by atoms with van der Waals surface area (Å²) in [4.78, 5) is 12.1. The van der Waals surface area contributed by atoms with Gasteiger partial charge in [0.05, 0.1) is 12.1 Å². The highest BCUT2D eigenvalue weighted by atomic mass is 19.1. The van der Waals surface area contributed by atoms with Gasteiger partial charge in [0.1, 0.15) is 18.2 Å². The number of hydrogen-bond acceptors (Lipinski definition) is 3.